The molecule has 3 aromatic heterocycles. The Bertz CT molecular complexity index is 1250. The quantitative estimate of drug-likeness (QED) is 0.482. The molecule has 152 valence electrons. The minimum atomic E-state index is -0.211. The van der Waals surface area contributed by atoms with E-state index < -0.39 is 0 Å². The van der Waals surface area contributed by atoms with Crippen LogP contribution in [0.2, 0.25) is 0 Å². The van der Waals surface area contributed by atoms with Gasteiger partial charge in [-0.3, -0.25) is 9.69 Å². The highest BCUT2D eigenvalue weighted by Gasteiger charge is 2.20. The first-order valence-corrected chi connectivity index (χ1v) is 10.2. The monoisotopic (exact) mass is 400 g/mol. The van der Waals surface area contributed by atoms with E-state index in [1.807, 2.05) is 24.3 Å². The van der Waals surface area contributed by atoms with Gasteiger partial charge >= 0.3 is 0 Å². The van der Waals surface area contributed by atoms with Crippen molar-refractivity contribution < 1.29 is 4.79 Å². The second kappa shape index (κ2) is 7.42. The fourth-order valence-corrected chi connectivity index (χ4v) is 4.22. The Morgan fingerprint density at radius 1 is 1.23 bits per heavy atom. The molecule has 4 aromatic rings. The van der Waals surface area contributed by atoms with Crippen LogP contribution in [0.5, 0.6) is 0 Å². The average molecular weight is 400 g/mol. The molecule has 1 fully saturated rings. The summed E-state index contributed by atoms with van der Waals surface area (Å²) in [5.74, 6) is 0.763. The molecule has 0 unspecified atom stereocenters. The number of aromatic amines is 1. The normalized spacial score (nSPS) is 17.0. The van der Waals surface area contributed by atoms with Gasteiger partial charge in [-0.15, -0.1) is 0 Å². The highest BCUT2D eigenvalue weighted by molar-refractivity contribution is 6.07. The van der Waals surface area contributed by atoms with Gasteiger partial charge in [-0.05, 0) is 62.0 Å². The summed E-state index contributed by atoms with van der Waals surface area (Å²) in [4.78, 5) is 27.2. The summed E-state index contributed by atoms with van der Waals surface area (Å²) in [5, 5.41) is 5.65. The molecular weight excluding hydrogens is 376 g/mol. The van der Waals surface area contributed by atoms with E-state index in [0.717, 1.165) is 34.8 Å². The molecule has 1 aliphatic rings. The third-order valence-corrected chi connectivity index (χ3v) is 5.92. The Kier molecular flexibility index (Phi) is 4.59. The highest BCUT2D eigenvalue weighted by Crippen LogP contribution is 2.24. The van der Waals surface area contributed by atoms with Gasteiger partial charge in [0.25, 0.3) is 5.91 Å². The number of hydrogen-bond acceptors (Lipinski definition) is 5. The number of benzene rings is 1. The lowest BCUT2D eigenvalue weighted by atomic mass is 10.1. The van der Waals surface area contributed by atoms with Gasteiger partial charge in [-0.1, -0.05) is 0 Å². The fraction of sp³-hybridized carbons (Fsp3) is 0.261. The lowest BCUT2D eigenvalue weighted by Crippen LogP contribution is -2.26. The number of nitrogen functional groups attached to an aromatic ring is 1. The maximum atomic E-state index is 12.7. The topological polar surface area (TPSA) is 99.9 Å². The van der Waals surface area contributed by atoms with Crippen molar-refractivity contribution in [2.45, 2.75) is 32.4 Å². The molecule has 1 atom stereocenters. The smallest absolute Gasteiger partial charge is 0.256 e. The van der Waals surface area contributed by atoms with E-state index in [4.69, 9.17) is 5.73 Å². The molecule has 1 aliphatic heterocycles. The number of amides is 1. The number of H-pyrrole nitrogens is 1. The second-order valence-electron chi connectivity index (χ2n) is 8.00. The van der Waals surface area contributed by atoms with Crippen molar-refractivity contribution in [2.75, 3.05) is 17.6 Å². The number of aromatic nitrogens is 3. The Balaban J connectivity index is 1.35. The number of rotatable bonds is 4. The first kappa shape index (κ1) is 18.6. The largest absolute Gasteiger partial charge is 0.383 e. The van der Waals surface area contributed by atoms with E-state index in [1.54, 1.807) is 18.5 Å². The average Bonchev–Trinajstić information content (AvgIpc) is 3.33. The number of nitrogens with one attached hydrogen (secondary N) is 2. The standard InChI is InChI=1S/C23H24N6O/c1-14-3-2-8-29(14)13-18-10-17-12-26-21(11-20(17)27-18)28-23(30)16-4-5-19-15(9-16)6-7-25-22(19)24/h4-7,9-12,14,27H,2-3,8,13H2,1H3,(H2,24,25)(H,26,28,30)/t14-/m0/s1. The van der Waals surface area contributed by atoms with E-state index >= 15 is 0 Å². The summed E-state index contributed by atoms with van der Waals surface area (Å²) in [5.41, 5.74) is 8.58. The summed E-state index contributed by atoms with van der Waals surface area (Å²) in [6, 6.07) is 11.9. The molecule has 0 saturated carbocycles. The van der Waals surface area contributed by atoms with Gasteiger partial charge < -0.3 is 16.0 Å². The van der Waals surface area contributed by atoms with Gasteiger partial charge in [0.15, 0.2) is 0 Å². The molecule has 30 heavy (non-hydrogen) atoms. The molecule has 7 heteroatoms. The van der Waals surface area contributed by atoms with E-state index in [1.165, 1.54) is 18.5 Å². The summed E-state index contributed by atoms with van der Waals surface area (Å²) < 4.78 is 0. The number of fused-ring (bicyclic) bond motifs is 2. The summed E-state index contributed by atoms with van der Waals surface area (Å²) in [6.07, 6.45) is 5.96. The third kappa shape index (κ3) is 3.48. The van der Waals surface area contributed by atoms with Gasteiger partial charge in [0.2, 0.25) is 0 Å². The van der Waals surface area contributed by atoms with Crippen molar-refractivity contribution >= 4 is 39.2 Å². The number of likely N-dealkylation sites (tertiary alicyclic amines) is 1. The molecule has 0 aliphatic carbocycles. The lowest BCUT2D eigenvalue weighted by molar-refractivity contribution is 0.102. The predicted octanol–water partition coefficient (Wildman–Crippen LogP) is 3.93. The molecule has 4 N–H and O–H groups in total. The van der Waals surface area contributed by atoms with E-state index in [0.29, 0.717) is 23.2 Å². The lowest BCUT2D eigenvalue weighted by Gasteiger charge is -2.19. The van der Waals surface area contributed by atoms with Gasteiger partial charge in [-0.25, -0.2) is 9.97 Å². The van der Waals surface area contributed by atoms with Crippen molar-refractivity contribution in [1.29, 1.82) is 0 Å². The second-order valence-corrected chi connectivity index (χ2v) is 8.00. The van der Waals surface area contributed by atoms with Crippen molar-refractivity contribution in [3.05, 3.63) is 60.0 Å². The van der Waals surface area contributed by atoms with Crippen molar-refractivity contribution in [3.63, 3.8) is 0 Å². The summed E-state index contributed by atoms with van der Waals surface area (Å²) >= 11 is 0. The SMILES string of the molecule is C[C@H]1CCCN1Cc1cc2cnc(NC(=O)c3ccc4c(N)nccc4c3)cc2[nH]1. The molecule has 4 heterocycles. The van der Waals surface area contributed by atoms with Crippen LogP contribution in [0, 0.1) is 0 Å². The first-order chi connectivity index (χ1) is 14.6. The predicted molar refractivity (Wildman–Crippen MR) is 119 cm³/mol. The minimum Gasteiger partial charge on any atom is -0.383 e. The van der Waals surface area contributed by atoms with E-state index in [2.05, 4.69) is 38.2 Å². The third-order valence-electron chi connectivity index (χ3n) is 5.92. The zero-order valence-corrected chi connectivity index (χ0v) is 16.9. The molecule has 5 rings (SSSR count). The van der Waals surface area contributed by atoms with Crippen LogP contribution in [0.1, 0.15) is 35.8 Å². The number of anilines is 2. The van der Waals surface area contributed by atoms with Crippen LogP contribution in [0.3, 0.4) is 0 Å². The Morgan fingerprint density at radius 3 is 2.97 bits per heavy atom. The van der Waals surface area contributed by atoms with Crippen LogP contribution in [-0.4, -0.2) is 38.3 Å². The zero-order valence-electron chi connectivity index (χ0n) is 16.9. The Hall–Kier alpha value is -3.45. The van der Waals surface area contributed by atoms with Crippen LogP contribution < -0.4 is 11.1 Å². The number of hydrogen-bond donors (Lipinski definition) is 3. The van der Waals surface area contributed by atoms with Crippen molar-refractivity contribution in [3.8, 4) is 0 Å². The van der Waals surface area contributed by atoms with Crippen molar-refractivity contribution in [1.82, 2.24) is 19.9 Å². The number of pyridine rings is 2. The molecule has 1 amide bonds. The van der Waals surface area contributed by atoms with E-state index in [9.17, 15) is 4.79 Å². The maximum Gasteiger partial charge on any atom is 0.256 e. The maximum absolute atomic E-state index is 12.7. The molecule has 7 nitrogen and oxygen atoms in total. The molecular formula is C23H24N6O. The van der Waals surface area contributed by atoms with Crippen molar-refractivity contribution in [2.24, 2.45) is 0 Å². The van der Waals surface area contributed by atoms with Gasteiger partial charge in [-0.2, -0.15) is 0 Å². The Morgan fingerprint density at radius 2 is 2.13 bits per heavy atom. The first-order valence-electron chi connectivity index (χ1n) is 10.2. The molecule has 0 spiro atoms. The highest BCUT2D eigenvalue weighted by atomic mass is 16.1. The van der Waals surface area contributed by atoms with Crippen LogP contribution in [-0.2, 0) is 6.54 Å². The molecule has 0 radical (unpaired) electrons. The van der Waals surface area contributed by atoms with Crippen LogP contribution in [0.25, 0.3) is 21.7 Å². The minimum absolute atomic E-state index is 0.211. The molecule has 0 bridgehead atoms. The van der Waals surface area contributed by atoms with Crippen LogP contribution >= 0.6 is 0 Å². The number of nitrogens with zero attached hydrogens (tertiary/aromatic N) is 3. The fourth-order valence-electron chi connectivity index (χ4n) is 4.22. The number of nitrogens with two attached hydrogens (primary N) is 1. The van der Waals surface area contributed by atoms with Crippen LogP contribution in [0.15, 0.2) is 48.8 Å². The molecule has 1 saturated heterocycles. The van der Waals surface area contributed by atoms with Gasteiger partial charge in [0, 0.05) is 53.1 Å². The summed E-state index contributed by atoms with van der Waals surface area (Å²) in [6.45, 7) is 4.33. The summed E-state index contributed by atoms with van der Waals surface area (Å²) in [7, 11) is 0. The van der Waals surface area contributed by atoms with Gasteiger partial charge in [0.1, 0.15) is 11.6 Å². The van der Waals surface area contributed by atoms with E-state index in [-0.39, 0.29) is 5.91 Å². The number of carbonyl (C=O) groups excluding carboxylic acids is 1. The van der Waals surface area contributed by atoms with Gasteiger partial charge in [0.05, 0.1) is 5.52 Å². The Labute approximate surface area is 174 Å². The molecule has 1 aromatic carbocycles. The number of carbonyl (C=O) groups is 1. The van der Waals surface area contributed by atoms with Crippen LogP contribution in [0.4, 0.5) is 11.6 Å². The zero-order chi connectivity index (χ0) is 20.7.